The lowest BCUT2D eigenvalue weighted by molar-refractivity contribution is 0.355. The van der Waals surface area contributed by atoms with E-state index in [1.54, 1.807) is 38.5 Å². The Bertz CT molecular complexity index is 663. The third-order valence-electron chi connectivity index (χ3n) is 3.00. The summed E-state index contributed by atoms with van der Waals surface area (Å²) in [5, 5.41) is 2.97. The zero-order chi connectivity index (χ0) is 15.9. The largest absolute Gasteiger partial charge is 0.493 e. The van der Waals surface area contributed by atoms with Crippen LogP contribution < -0.4 is 20.5 Å². The van der Waals surface area contributed by atoms with Crippen LogP contribution in [-0.2, 0) is 6.54 Å². The van der Waals surface area contributed by atoms with E-state index in [4.69, 9.17) is 15.2 Å². The Labute approximate surface area is 151 Å². The predicted octanol–water partition coefficient (Wildman–Crippen LogP) is 3.39. The van der Waals surface area contributed by atoms with Gasteiger partial charge in [-0.3, -0.25) is 0 Å². The molecule has 23 heavy (non-hydrogen) atoms. The molecule has 0 saturated heterocycles. The van der Waals surface area contributed by atoms with Crippen molar-refractivity contribution in [2.75, 3.05) is 19.5 Å². The molecule has 0 aromatic heterocycles. The van der Waals surface area contributed by atoms with Gasteiger partial charge in [-0.1, -0.05) is 12.1 Å². The molecule has 0 heterocycles. The van der Waals surface area contributed by atoms with Crippen molar-refractivity contribution in [3.8, 4) is 11.5 Å². The smallest absolute Gasteiger partial charge is 0.193 e. The van der Waals surface area contributed by atoms with E-state index in [0.717, 1.165) is 11.3 Å². The van der Waals surface area contributed by atoms with Gasteiger partial charge in [0, 0.05) is 11.8 Å². The minimum atomic E-state index is -0.274. The van der Waals surface area contributed by atoms with Gasteiger partial charge >= 0.3 is 0 Å². The highest BCUT2D eigenvalue weighted by Crippen LogP contribution is 2.29. The molecule has 2 rings (SSSR count). The standard InChI is InChI=1S/C16H18FN3O2.HI/c1-21-14-8-7-13(9-15(14)22-2)20-16(18)19-10-11-3-5-12(17)6-4-11;/h3-9H,10H2,1-2H3,(H3,18,19,20);1H. The fourth-order valence-corrected chi connectivity index (χ4v) is 1.87. The Morgan fingerprint density at radius 1 is 1.09 bits per heavy atom. The number of guanidine groups is 1. The van der Waals surface area contributed by atoms with Gasteiger partial charge in [0.25, 0.3) is 0 Å². The van der Waals surface area contributed by atoms with Gasteiger partial charge in [-0.05, 0) is 29.8 Å². The number of benzene rings is 2. The number of aliphatic imine (C=N–C) groups is 1. The molecule has 0 radical (unpaired) electrons. The van der Waals surface area contributed by atoms with Crippen LogP contribution in [0.1, 0.15) is 5.56 Å². The van der Waals surface area contributed by atoms with E-state index in [2.05, 4.69) is 10.3 Å². The molecule has 0 saturated carbocycles. The Morgan fingerprint density at radius 3 is 2.35 bits per heavy atom. The van der Waals surface area contributed by atoms with Crippen molar-refractivity contribution < 1.29 is 13.9 Å². The van der Waals surface area contributed by atoms with Crippen molar-refractivity contribution in [1.82, 2.24) is 0 Å². The number of halogens is 2. The first kappa shape index (κ1) is 19.0. The molecule has 2 aromatic carbocycles. The molecule has 0 unspecified atom stereocenters. The molecule has 7 heteroatoms. The van der Waals surface area contributed by atoms with Crippen LogP contribution in [0, 0.1) is 5.82 Å². The lowest BCUT2D eigenvalue weighted by atomic mass is 10.2. The van der Waals surface area contributed by atoms with E-state index in [-0.39, 0.29) is 35.8 Å². The van der Waals surface area contributed by atoms with Gasteiger partial charge in [0.15, 0.2) is 17.5 Å². The average Bonchev–Trinajstić information content (AvgIpc) is 2.54. The number of anilines is 1. The lowest BCUT2D eigenvalue weighted by Crippen LogP contribution is -2.22. The maximum Gasteiger partial charge on any atom is 0.193 e. The number of nitrogens with zero attached hydrogens (tertiary/aromatic N) is 1. The zero-order valence-corrected chi connectivity index (χ0v) is 15.2. The fraction of sp³-hybridized carbons (Fsp3) is 0.188. The Kier molecular flexibility index (Phi) is 7.60. The van der Waals surface area contributed by atoms with Crippen molar-refractivity contribution in [2.24, 2.45) is 10.7 Å². The van der Waals surface area contributed by atoms with E-state index in [0.29, 0.717) is 18.0 Å². The first-order chi connectivity index (χ1) is 10.6. The van der Waals surface area contributed by atoms with Crippen molar-refractivity contribution >= 4 is 35.6 Å². The minimum absolute atomic E-state index is 0. The zero-order valence-electron chi connectivity index (χ0n) is 12.9. The second-order valence-corrected chi connectivity index (χ2v) is 4.52. The molecule has 0 bridgehead atoms. The number of hydrogen-bond donors (Lipinski definition) is 2. The van der Waals surface area contributed by atoms with Gasteiger partial charge in [0.05, 0.1) is 20.8 Å². The monoisotopic (exact) mass is 431 g/mol. The van der Waals surface area contributed by atoms with E-state index >= 15 is 0 Å². The SMILES string of the molecule is COc1ccc(NC(N)=NCc2ccc(F)cc2)cc1OC.I. The highest BCUT2D eigenvalue weighted by Gasteiger charge is 2.05. The number of hydrogen-bond acceptors (Lipinski definition) is 3. The highest BCUT2D eigenvalue weighted by molar-refractivity contribution is 14.0. The summed E-state index contributed by atoms with van der Waals surface area (Å²) in [6.45, 7) is 0.367. The minimum Gasteiger partial charge on any atom is -0.493 e. The van der Waals surface area contributed by atoms with Crippen LogP contribution in [0.4, 0.5) is 10.1 Å². The Balaban J connectivity index is 0.00000264. The second kappa shape index (κ2) is 9.19. The summed E-state index contributed by atoms with van der Waals surface area (Å²) in [5.41, 5.74) is 7.45. The molecule has 0 atom stereocenters. The van der Waals surface area contributed by atoms with E-state index in [1.165, 1.54) is 12.1 Å². The van der Waals surface area contributed by atoms with E-state index in [1.807, 2.05) is 6.07 Å². The summed E-state index contributed by atoms with van der Waals surface area (Å²) in [6.07, 6.45) is 0. The number of rotatable bonds is 5. The van der Waals surface area contributed by atoms with Gasteiger partial charge in [-0.15, -0.1) is 24.0 Å². The highest BCUT2D eigenvalue weighted by atomic mass is 127. The second-order valence-electron chi connectivity index (χ2n) is 4.52. The van der Waals surface area contributed by atoms with E-state index in [9.17, 15) is 4.39 Å². The first-order valence-electron chi connectivity index (χ1n) is 6.66. The molecular formula is C16H19FIN3O2. The van der Waals surface area contributed by atoms with Gasteiger partial charge in [-0.2, -0.15) is 0 Å². The van der Waals surface area contributed by atoms with Crippen LogP contribution in [0.3, 0.4) is 0 Å². The molecule has 124 valence electrons. The number of methoxy groups -OCH3 is 2. The molecule has 3 N–H and O–H groups in total. The molecular weight excluding hydrogens is 412 g/mol. The van der Waals surface area contributed by atoms with Crippen LogP contribution in [0.2, 0.25) is 0 Å². The molecule has 0 aliphatic heterocycles. The third kappa shape index (κ3) is 5.59. The normalized spacial score (nSPS) is 10.7. The summed E-state index contributed by atoms with van der Waals surface area (Å²) >= 11 is 0. The molecule has 0 fully saturated rings. The van der Waals surface area contributed by atoms with Crippen LogP contribution >= 0.6 is 24.0 Å². The maximum atomic E-state index is 12.8. The fourth-order valence-electron chi connectivity index (χ4n) is 1.87. The van der Waals surface area contributed by atoms with Crippen LogP contribution in [-0.4, -0.2) is 20.2 Å². The Morgan fingerprint density at radius 2 is 1.74 bits per heavy atom. The van der Waals surface area contributed by atoms with Crippen molar-refractivity contribution in [3.63, 3.8) is 0 Å². The van der Waals surface area contributed by atoms with Crippen LogP contribution in [0.25, 0.3) is 0 Å². The molecule has 0 aliphatic carbocycles. The summed E-state index contributed by atoms with van der Waals surface area (Å²) in [5.74, 6) is 1.22. The molecule has 0 spiro atoms. The van der Waals surface area contributed by atoms with Crippen molar-refractivity contribution in [3.05, 3.63) is 53.8 Å². The topological polar surface area (TPSA) is 68.9 Å². The molecule has 0 aliphatic rings. The van der Waals surface area contributed by atoms with E-state index < -0.39 is 0 Å². The van der Waals surface area contributed by atoms with Gasteiger partial charge < -0.3 is 20.5 Å². The van der Waals surface area contributed by atoms with Crippen LogP contribution in [0.5, 0.6) is 11.5 Å². The molecule has 5 nitrogen and oxygen atoms in total. The van der Waals surface area contributed by atoms with Gasteiger partial charge in [0.2, 0.25) is 0 Å². The quantitative estimate of drug-likeness (QED) is 0.433. The molecule has 2 aromatic rings. The first-order valence-corrected chi connectivity index (χ1v) is 6.66. The lowest BCUT2D eigenvalue weighted by Gasteiger charge is -2.10. The third-order valence-corrected chi connectivity index (χ3v) is 3.00. The van der Waals surface area contributed by atoms with Gasteiger partial charge in [-0.25, -0.2) is 9.38 Å². The summed E-state index contributed by atoms with van der Waals surface area (Å²) in [6, 6.07) is 11.5. The Hall–Kier alpha value is -2.03. The van der Waals surface area contributed by atoms with Crippen molar-refractivity contribution in [2.45, 2.75) is 6.54 Å². The number of nitrogens with one attached hydrogen (secondary N) is 1. The summed E-state index contributed by atoms with van der Waals surface area (Å²) < 4.78 is 23.2. The van der Waals surface area contributed by atoms with Crippen LogP contribution in [0.15, 0.2) is 47.5 Å². The van der Waals surface area contributed by atoms with Gasteiger partial charge in [0.1, 0.15) is 5.82 Å². The molecule has 0 amide bonds. The summed E-state index contributed by atoms with van der Waals surface area (Å²) in [7, 11) is 3.14. The maximum absolute atomic E-state index is 12.8. The average molecular weight is 431 g/mol. The summed E-state index contributed by atoms with van der Waals surface area (Å²) in [4.78, 5) is 4.21. The number of nitrogens with two attached hydrogens (primary N) is 1. The van der Waals surface area contributed by atoms with Crippen molar-refractivity contribution in [1.29, 1.82) is 0 Å². The predicted molar refractivity (Wildman–Crippen MR) is 100 cm³/mol. The number of ether oxygens (including phenoxy) is 2.